The Bertz CT molecular complexity index is 441. The van der Waals surface area contributed by atoms with Crippen LogP contribution in [0, 0.1) is 0 Å². The Morgan fingerprint density at radius 2 is 2.15 bits per heavy atom. The SMILES string of the molecule is CCN(CC(=O)Nc1cccc(CN)c1)C1CCCC1. The molecule has 4 heteroatoms. The van der Waals surface area contributed by atoms with Crippen LogP contribution in [0.25, 0.3) is 0 Å². The van der Waals surface area contributed by atoms with Gasteiger partial charge in [0.1, 0.15) is 0 Å². The number of hydrogen-bond donors (Lipinski definition) is 2. The van der Waals surface area contributed by atoms with Crippen molar-refractivity contribution in [3.8, 4) is 0 Å². The summed E-state index contributed by atoms with van der Waals surface area (Å²) in [7, 11) is 0. The molecule has 2 rings (SSSR count). The van der Waals surface area contributed by atoms with Gasteiger partial charge in [-0.2, -0.15) is 0 Å². The van der Waals surface area contributed by atoms with Crippen LogP contribution in [0.15, 0.2) is 24.3 Å². The fourth-order valence-electron chi connectivity index (χ4n) is 2.93. The molecule has 1 aliphatic rings. The van der Waals surface area contributed by atoms with E-state index in [2.05, 4.69) is 17.1 Å². The van der Waals surface area contributed by atoms with Crippen molar-refractivity contribution >= 4 is 11.6 Å². The Kier molecular flexibility index (Phi) is 5.56. The van der Waals surface area contributed by atoms with Gasteiger partial charge >= 0.3 is 0 Å². The zero-order chi connectivity index (χ0) is 14.4. The van der Waals surface area contributed by atoms with Gasteiger partial charge in [-0.05, 0) is 37.1 Å². The molecule has 0 radical (unpaired) electrons. The molecule has 0 spiro atoms. The average Bonchev–Trinajstić information content (AvgIpc) is 2.99. The van der Waals surface area contributed by atoms with Crippen LogP contribution < -0.4 is 11.1 Å². The quantitative estimate of drug-likeness (QED) is 0.838. The summed E-state index contributed by atoms with van der Waals surface area (Å²) >= 11 is 0. The van der Waals surface area contributed by atoms with Crippen molar-refractivity contribution in [1.82, 2.24) is 4.90 Å². The second-order valence-corrected chi connectivity index (χ2v) is 5.45. The van der Waals surface area contributed by atoms with E-state index in [9.17, 15) is 4.79 Å². The fourth-order valence-corrected chi connectivity index (χ4v) is 2.93. The number of benzene rings is 1. The molecule has 1 saturated carbocycles. The molecule has 0 saturated heterocycles. The predicted molar refractivity (Wildman–Crippen MR) is 82.5 cm³/mol. The van der Waals surface area contributed by atoms with Gasteiger partial charge < -0.3 is 11.1 Å². The van der Waals surface area contributed by atoms with Gasteiger partial charge in [0.25, 0.3) is 0 Å². The summed E-state index contributed by atoms with van der Waals surface area (Å²) in [5.74, 6) is 0.0629. The van der Waals surface area contributed by atoms with E-state index in [1.165, 1.54) is 25.7 Å². The van der Waals surface area contributed by atoms with Crippen LogP contribution in [0.4, 0.5) is 5.69 Å². The van der Waals surface area contributed by atoms with E-state index >= 15 is 0 Å². The molecule has 1 aromatic rings. The van der Waals surface area contributed by atoms with Crippen molar-refractivity contribution in [2.24, 2.45) is 5.73 Å². The molecular weight excluding hydrogens is 250 g/mol. The molecule has 0 aliphatic heterocycles. The van der Waals surface area contributed by atoms with Crippen LogP contribution in [0.2, 0.25) is 0 Å². The minimum atomic E-state index is 0.0629. The molecule has 0 aromatic heterocycles. The maximum absolute atomic E-state index is 12.2. The molecule has 0 unspecified atom stereocenters. The van der Waals surface area contributed by atoms with Crippen LogP contribution in [0.3, 0.4) is 0 Å². The number of amides is 1. The van der Waals surface area contributed by atoms with Gasteiger partial charge in [-0.25, -0.2) is 0 Å². The lowest BCUT2D eigenvalue weighted by Gasteiger charge is -2.26. The largest absolute Gasteiger partial charge is 0.326 e. The molecule has 20 heavy (non-hydrogen) atoms. The maximum Gasteiger partial charge on any atom is 0.238 e. The number of carbonyl (C=O) groups excluding carboxylic acids is 1. The van der Waals surface area contributed by atoms with Crippen molar-refractivity contribution in [2.75, 3.05) is 18.4 Å². The molecule has 0 bridgehead atoms. The lowest BCUT2D eigenvalue weighted by molar-refractivity contribution is -0.117. The summed E-state index contributed by atoms with van der Waals surface area (Å²) in [6.45, 7) is 4.03. The van der Waals surface area contributed by atoms with E-state index in [-0.39, 0.29) is 5.91 Å². The highest BCUT2D eigenvalue weighted by molar-refractivity contribution is 5.92. The highest BCUT2D eigenvalue weighted by Gasteiger charge is 2.22. The molecule has 1 amide bonds. The van der Waals surface area contributed by atoms with Gasteiger partial charge in [-0.1, -0.05) is 31.9 Å². The van der Waals surface area contributed by atoms with Gasteiger partial charge in [0.15, 0.2) is 0 Å². The second kappa shape index (κ2) is 7.41. The smallest absolute Gasteiger partial charge is 0.238 e. The third-order valence-electron chi connectivity index (χ3n) is 4.04. The zero-order valence-electron chi connectivity index (χ0n) is 12.3. The summed E-state index contributed by atoms with van der Waals surface area (Å²) in [6.07, 6.45) is 5.04. The van der Waals surface area contributed by atoms with Crippen molar-refractivity contribution in [1.29, 1.82) is 0 Å². The zero-order valence-corrected chi connectivity index (χ0v) is 12.3. The molecule has 3 N–H and O–H groups in total. The number of hydrogen-bond acceptors (Lipinski definition) is 3. The number of nitrogens with two attached hydrogens (primary N) is 1. The van der Waals surface area contributed by atoms with Crippen molar-refractivity contribution < 1.29 is 4.79 Å². The standard InChI is InChI=1S/C16H25N3O/c1-2-19(15-8-3-4-9-15)12-16(20)18-14-7-5-6-13(10-14)11-17/h5-7,10,15H,2-4,8-9,11-12,17H2,1H3,(H,18,20). The molecule has 0 atom stereocenters. The molecule has 4 nitrogen and oxygen atoms in total. The Balaban J connectivity index is 1.90. The Morgan fingerprint density at radius 3 is 2.80 bits per heavy atom. The number of nitrogens with zero attached hydrogens (tertiary/aromatic N) is 1. The van der Waals surface area contributed by atoms with Crippen LogP contribution in [-0.4, -0.2) is 29.9 Å². The summed E-state index contributed by atoms with van der Waals surface area (Å²) in [6, 6.07) is 8.31. The molecule has 110 valence electrons. The van der Waals surface area contributed by atoms with Gasteiger partial charge in [-0.3, -0.25) is 9.69 Å². The summed E-state index contributed by atoms with van der Waals surface area (Å²) in [5, 5.41) is 2.97. The topological polar surface area (TPSA) is 58.4 Å². The number of carbonyl (C=O) groups is 1. The van der Waals surface area contributed by atoms with Crippen LogP contribution in [0.1, 0.15) is 38.2 Å². The minimum absolute atomic E-state index is 0.0629. The van der Waals surface area contributed by atoms with Gasteiger partial charge in [0.2, 0.25) is 5.91 Å². The number of rotatable bonds is 6. The van der Waals surface area contributed by atoms with E-state index < -0.39 is 0 Å². The van der Waals surface area contributed by atoms with Crippen LogP contribution in [0.5, 0.6) is 0 Å². The summed E-state index contributed by atoms with van der Waals surface area (Å²) in [4.78, 5) is 14.4. The molecule has 1 aliphatic carbocycles. The van der Waals surface area contributed by atoms with E-state index in [1.807, 2.05) is 24.3 Å². The lowest BCUT2D eigenvalue weighted by Crippen LogP contribution is -2.39. The maximum atomic E-state index is 12.2. The molecular formula is C16H25N3O. The van der Waals surface area contributed by atoms with Crippen molar-refractivity contribution in [3.05, 3.63) is 29.8 Å². The first kappa shape index (κ1) is 15.0. The molecule has 1 aromatic carbocycles. The summed E-state index contributed by atoms with van der Waals surface area (Å²) < 4.78 is 0. The van der Waals surface area contributed by atoms with Gasteiger partial charge in [0.05, 0.1) is 6.54 Å². The first-order valence-electron chi connectivity index (χ1n) is 7.56. The first-order valence-corrected chi connectivity index (χ1v) is 7.56. The van der Waals surface area contributed by atoms with E-state index in [4.69, 9.17) is 5.73 Å². The Morgan fingerprint density at radius 1 is 1.40 bits per heavy atom. The van der Waals surface area contributed by atoms with Crippen LogP contribution >= 0.6 is 0 Å². The average molecular weight is 275 g/mol. The number of likely N-dealkylation sites (N-methyl/N-ethyl adjacent to an activating group) is 1. The minimum Gasteiger partial charge on any atom is -0.326 e. The predicted octanol–water partition coefficient (Wildman–Crippen LogP) is 2.35. The Hall–Kier alpha value is -1.39. The van der Waals surface area contributed by atoms with Crippen molar-refractivity contribution in [2.45, 2.75) is 45.2 Å². The van der Waals surface area contributed by atoms with Crippen LogP contribution in [-0.2, 0) is 11.3 Å². The van der Waals surface area contributed by atoms with E-state index in [0.717, 1.165) is 17.8 Å². The van der Waals surface area contributed by atoms with E-state index in [1.54, 1.807) is 0 Å². The van der Waals surface area contributed by atoms with E-state index in [0.29, 0.717) is 19.1 Å². The van der Waals surface area contributed by atoms with Crippen molar-refractivity contribution in [3.63, 3.8) is 0 Å². The summed E-state index contributed by atoms with van der Waals surface area (Å²) in [5.41, 5.74) is 7.48. The normalized spacial score (nSPS) is 15.8. The molecule has 1 fully saturated rings. The third kappa shape index (κ3) is 4.05. The number of anilines is 1. The van der Waals surface area contributed by atoms with Gasteiger partial charge in [0, 0.05) is 18.3 Å². The lowest BCUT2D eigenvalue weighted by atomic mass is 10.2. The first-order chi connectivity index (χ1) is 9.72. The highest BCUT2D eigenvalue weighted by Crippen LogP contribution is 2.23. The Labute approximate surface area is 121 Å². The number of nitrogens with one attached hydrogen (secondary N) is 1. The highest BCUT2D eigenvalue weighted by atomic mass is 16.2. The molecule has 0 heterocycles. The second-order valence-electron chi connectivity index (χ2n) is 5.45. The van der Waals surface area contributed by atoms with Gasteiger partial charge in [-0.15, -0.1) is 0 Å². The fraction of sp³-hybridized carbons (Fsp3) is 0.562. The third-order valence-corrected chi connectivity index (χ3v) is 4.04. The monoisotopic (exact) mass is 275 g/mol.